The first-order valence-corrected chi connectivity index (χ1v) is 8.64. The fourth-order valence-corrected chi connectivity index (χ4v) is 4.43. The van der Waals surface area contributed by atoms with Crippen LogP contribution in [-0.4, -0.2) is 44.3 Å². The van der Waals surface area contributed by atoms with E-state index in [-0.39, 0.29) is 23.3 Å². The first kappa shape index (κ1) is 15.0. The van der Waals surface area contributed by atoms with Crippen molar-refractivity contribution < 1.29 is 13.2 Å². The molecular weight excluding hydrogens is 274 g/mol. The van der Waals surface area contributed by atoms with Gasteiger partial charge in [-0.25, -0.2) is 8.42 Å². The summed E-state index contributed by atoms with van der Waals surface area (Å²) in [5.41, 5.74) is 2.91. The van der Waals surface area contributed by atoms with Crippen LogP contribution in [0.25, 0.3) is 0 Å². The standard InChI is InChI=1S/C15H21NO3S/c1-11-4-5-14(8-12(11)2)15(17)16(3)9-13-6-7-20(18,19)10-13/h4-5,8,13H,6-7,9-10H2,1-3H3/t13-/m0/s1. The smallest absolute Gasteiger partial charge is 0.253 e. The molecule has 0 aromatic heterocycles. The van der Waals surface area contributed by atoms with Crippen molar-refractivity contribution in [3.05, 3.63) is 34.9 Å². The molecule has 5 heteroatoms. The van der Waals surface area contributed by atoms with E-state index in [4.69, 9.17) is 0 Å². The third-order valence-corrected chi connectivity index (χ3v) is 5.80. The van der Waals surface area contributed by atoms with E-state index in [9.17, 15) is 13.2 Å². The Kier molecular flexibility index (Phi) is 4.18. The number of hydrogen-bond acceptors (Lipinski definition) is 3. The molecule has 0 saturated carbocycles. The van der Waals surface area contributed by atoms with E-state index in [1.165, 1.54) is 0 Å². The van der Waals surface area contributed by atoms with Crippen molar-refractivity contribution in [1.82, 2.24) is 4.90 Å². The molecule has 1 aromatic rings. The SMILES string of the molecule is Cc1ccc(C(=O)N(C)C[C@@H]2CCS(=O)(=O)C2)cc1C. The average molecular weight is 295 g/mol. The normalized spacial score (nSPS) is 20.9. The van der Waals surface area contributed by atoms with E-state index in [0.717, 1.165) is 11.1 Å². The van der Waals surface area contributed by atoms with Gasteiger partial charge in [-0.05, 0) is 49.4 Å². The Hall–Kier alpha value is -1.36. The number of hydrogen-bond donors (Lipinski definition) is 0. The van der Waals surface area contributed by atoms with E-state index in [1.54, 1.807) is 11.9 Å². The molecule has 110 valence electrons. The van der Waals surface area contributed by atoms with Crippen LogP contribution in [0.3, 0.4) is 0 Å². The summed E-state index contributed by atoms with van der Waals surface area (Å²) >= 11 is 0. The maximum absolute atomic E-state index is 12.3. The molecule has 0 N–H and O–H groups in total. The summed E-state index contributed by atoms with van der Waals surface area (Å²) in [6.07, 6.45) is 0.660. The van der Waals surface area contributed by atoms with Crippen LogP contribution >= 0.6 is 0 Å². The summed E-state index contributed by atoms with van der Waals surface area (Å²) < 4.78 is 22.9. The lowest BCUT2D eigenvalue weighted by atomic mass is 10.0. The van der Waals surface area contributed by atoms with Gasteiger partial charge in [0.1, 0.15) is 0 Å². The molecule has 0 spiro atoms. The van der Waals surface area contributed by atoms with Crippen LogP contribution in [0.4, 0.5) is 0 Å². The Morgan fingerprint density at radius 1 is 1.30 bits per heavy atom. The Balaban J connectivity index is 2.03. The van der Waals surface area contributed by atoms with Crippen LogP contribution in [0.1, 0.15) is 27.9 Å². The molecule has 4 nitrogen and oxygen atoms in total. The largest absolute Gasteiger partial charge is 0.341 e. The van der Waals surface area contributed by atoms with Gasteiger partial charge in [-0.2, -0.15) is 0 Å². The Bertz CT molecular complexity index is 622. The Morgan fingerprint density at radius 2 is 2.00 bits per heavy atom. The third-order valence-electron chi connectivity index (χ3n) is 3.96. The summed E-state index contributed by atoms with van der Waals surface area (Å²) in [5.74, 6) is 0.485. The van der Waals surface area contributed by atoms with Crippen molar-refractivity contribution in [2.24, 2.45) is 5.92 Å². The highest BCUT2D eigenvalue weighted by Crippen LogP contribution is 2.20. The number of benzene rings is 1. The van der Waals surface area contributed by atoms with E-state index >= 15 is 0 Å². The predicted molar refractivity (Wildman–Crippen MR) is 79.6 cm³/mol. The van der Waals surface area contributed by atoms with E-state index in [2.05, 4.69) is 0 Å². The molecule has 1 saturated heterocycles. The second-order valence-electron chi connectivity index (χ2n) is 5.75. The number of amides is 1. The third kappa shape index (κ3) is 3.39. The molecule has 1 aliphatic heterocycles. The molecule has 0 unspecified atom stereocenters. The second kappa shape index (κ2) is 5.56. The average Bonchev–Trinajstić information content (AvgIpc) is 2.71. The summed E-state index contributed by atoms with van der Waals surface area (Å²) in [4.78, 5) is 14.0. The van der Waals surface area contributed by atoms with Crippen LogP contribution in [0.5, 0.6) is 0 Å². The summed E-state index contributed by atoms with van der Waals surface area (Å²) in [6, 6.07) is 5.66. The molecule has 1 amide bonds. The minimum absolute atomic E-state index is 0.0441. The Labute approximate surface area is 120 Å². The highest BCUT2D eigenvalue weighted by atomic mass is 32.2. The molecule has 0 radical (unpaired) electrons. The number of carbonyl (C=O) groups is 1. The molecule has 0 aliphatic carbocycles. The molecule has 20 heavy (non-hydrogen) atoms. The van der Waals surface area contributed by atoms with Gasteiger partial charge in [0.15, 0.2) is 9.84 Å². The maximum atomic E-state index is 12.3. The number of nitrogens with zero attached hydrogens (tertiary/aromatic N) is 1. The molecule has 1 atom stereocenters. The molecule has 1 aliphatic rings. The fraction of sp³-hybridized carbons (Fsp3) is 0.533. The summed E-state index contributed by atoms with van der Waals surface area (Å²) in [5, 5.41) is 0. The van der Waals surface area contributed by atoms with E-state index in [0.29, 0.717) is 18.5 Å². The number of rotatable bonds is 3. The van der Waals surface area contributed by atoms with E-state index in [1.807, 2.05) is 32.0 Å². The van der Waals surface area contributed by atoms with Gasteiger partial charge in [-0.15, -0.1) is 0 Å². The topological polar surface area (TPSA) is 54.5 Å². The zero-order valence-corrected chi connectivity index (χ0v) is 13.0. The van der Waals surface area contributed by atoms with Gasteiger partial charge in [0.05, 0.1) is 11.5 Å². The van der Waals surface area contributed by atoms with Crippen LogP contribution in [-0.2, 0) is 9.84 Å². The van der Waals surface area contributed by atoms with Gasteiger partial charge in [-0.3, -0.25) is 4.79 Å². The first-order valence-electron chi connectivity index (χ1n) is 6.81. The van der Waals surface area contributed by atoms with Gasteiger partial charge in [0.25, 0.3) is 5.91 Å². The van der Waals surface area contributed by atoms with Crippen molar-refractivity contribution in [2.75, 3.05) is 25.1 Å². The van der Waals surface area contributed by atoms with Crippen molar-refractivity contribution in [3.8, 4) is 0 Å². The highest BCUT2D eigenvalue weighted by molar-refractivity contribution is 7.91. The van der Waals surface area contributed by atoms with E-state index < -0.39 is 9.84 Å². The number of carbonyl (C=O) groups excluding carboxylic acids is 1. The van der Waals surface area contributed by atoms with Gasteiger partial charge in [-0.1, -0.05) is 6.07 Å². The monoisotopic (exact) mass is 295 g/mol. The summed E-state index contributed by atoms with van der Waals surface area (Å²) in [6.45, 7) is 4.50. The minimum atomic E-state index is -2.88. The number of aryl methyl sites for hydroxylation is 2. The van der Waals surface area contributed by atoms with Crippen LogP contribution in [0.15, 0.2) is 18.2 Å². The molecule has 1 heterocycles. The van der Waals surface area contributed by atoms with Crippen LogP contribution in [0, 0.1) is 19.8 Å². The Morgan fingerprint density at radius 3 is 2.55 bits per heavy atom. The number of sulfone groups is 1. The lowest BCUT2D eigenvalue weighted by molar-refractivity contribution is 0.0777. The zero-order valence-electron chi connectivity index (χ0n) is 12.2. The van der Waals surface area contributed by atoms with Crippen molar-refractivity contribution in [1.29, 1.82) is 0 Å². The molecule has 1 fully saturated rings. The zero-order chi connectivity index (χ0) is 14.9. The fourth-order valence-electron chi connectivity index (χ4n) is 2.58. The second-order valence-corrected chi connectivity index (χ2v) is 7.98. The predicted octanol–water partition coefficient (Wildman–Crippen LogP) is 1.81. The first-order chi connectivity index (χ1) is 9.28. The quantitative estimate of drug-likeness (QED) is 0.854. The van der Waals surface area contributed by atoms with Crippen molar-refractivity contribution >= 4 is 15.7 Å². The van der Waals surface area contributed by atoms with Crippen molar-refractivity contribution in [3.63, 3.8) is 0 Å². The highest BCUT2D eigenvalue weighted by Gasteiger charge is 2.29. The van der Waals surface area contributed by atoms with Gasteiger partial charge in [0, 0.05) is 19.2 Å². The molecular formula is C15H21NO3S. The lowest BCUT2D eigenvalue weighted by Gasteiger charge is -2.21. The maximum Gasteiger partial charge on any atom is 0.253 e. The van der Waals surface area contributed by atoms with Crippen LogP contribution < -0.4 is 0 Å². The molecule has 2 rings (SSSR count). The minimum Gasteiger partial charge on any atom is -0.341 e. The van der Waals surface area contributed by atoms with Gasteiger partial charge in [0.2, 0.25) is 0 Å². The molecule has 0 bridgehead atoms. The summed E-state index contributed by atoms with van der Waals surface area (Å²) in [7, 11) is -1.14. The van der Waals surface area contributed by atoms with Crippen LogP contribution in [0.2, 0.25) is 0 Å². The van der Waals surface area contributed by atoms with Gasteiger partial charge >= 0.3 is 0 Å². The molecule has 1 aromatic carbocycles. The lowest BCUT2D eigenvalue weighted by Crippen LogP contribution is -2.32. The van der Waals surface area contributed by atoms with Gasteiger partial charge < -0.3 is 4.90 Å². The van der Waals surface area contributed by atoms with Crippen molar-refractivity contribution in [2.45, 2.75) is 20.3 Å².